The molecule has 0 N–H and O–H groups in total. The molecule has 2 saturated carbocycles. The first-order chi connectivity index (χ1) is 4.37. The molecule has 2 aliphatic rings. The first-order valence-corrected chi connectivity index (χ1v) is 4.01. The minimum Gasteiger partial charge on any atom is -0.103 e. The lowest BCUT2D eigenvalue weighted by atomic mass is 9.89. The van der Waals surface area contributed by atoms with Gasteiger partial charge >= 0.3 is 0 Å². The average molecular weight is 122 g/mol. The molecule has 2 rings (SSSR count). The highest BCUT2D eigenvalue weighted by atomic mass is 14.6. The minimum atomic E-state index is 0.651. The Morgan fingerprint density at radius 3 is 2.89 bits per heavy atom. The van der Waals surface area contributed by atoms with E-state index < -0.39 is 0 Å². The van der Waals surface area contributed by atoms with Gasteiger partial charge in [-0.25, -0.2) is 0 Å². The van der Waals surface area contributed by atoms with E-state index >= 15 is 0 Å². The molecule has 0 bridgehead atoms. The van der Waals surface area contributed by atoms with Gasteiger partial charge in [0.1, 0.15) is 0 Å². The molecule has 0 spiro atoms. The van der Waals surface area contributed by atoms with Crippen LogP contribution in [-0.4, -0.2) is 0 Å². The Morgan fingerprint density at radius 2 is 2.33 bits per heavy atom. The van der Waals surface area contributed by atoms with Crippen LogP contribution in [0.25, 0.3) is 0 Å². The van der Waals surface area contributed by atoms with Crippen molar-refractivity contribution in [3.8, 4) is 0 Å². The van der Waals surface area contributed by atoms with Gasteiger partial charge in [0.25, 0.3) is 0 Å². The SMILES string of the molecule is C=CC12CCCCC1C2. The van der Waals surface area contributed by atoms with Crippen molar-refractivity contribution < 1.29 is 0 Å². The molecule has 0 aromatic carbocycles. The van der Waals surface area contributed by atoms with Crippen molar-refractivity contribution in [1.82, 2.24) is 0 Å². The van der Waals surface area contributed by atoms with E-state index in [1.165, 1.54) is 32.1 Å². The van der Waals surface area contributed by atoms with E-state index in [1.807, 2.05) is 0 Å². The third-order valence-corrected chi connectivity index (χ3v) is 3.13. The molecule has 0 nitrogen and oxygen atoms in total. The van der Waals surface area contributed by atoms with Gasteiger partial charge in [-0.15, -0.1) is 6.58 Å². The van der Waals surface area contributed by atoms with Crippen molar-refractivity contribution in [2.45, 2.75) is 32.1 Å². The highest BCUT2D eigenvalue weighted by molar-refractivity contribution is 5.13. The molecule has 0 heteroatoms. The van der Waals surface area contributed by atoms with Crippen LogP contribution in [0.5, 0.6) is 0 Å². The lowest BCUT2D eigenvalue weighted by Crippen LogP contribution is -2.04. The third-order valence-electron chi connectivity index (χ3n) is 3.13. The topological polar surface area (TPSA) is 0 Å². The van der Waals surface area contributed by atoms with Crippen molar-refractivity contribution in [3.05, 3.63) is 12.7 Å². The Kier molecular flexibility index (Phi) is 0.992. The number of allylic oxidation sites excluding steroid dienone is 1. The predicted octanol–water partition coefficient (Wildman–Crippen LogP) is 2.75. The van der Waals surface area contributed by atoms with E-state index in [9.17, 15) is 0 Å². The van der Waals surface area contributed by atoms with Gasteiger partial charge < -0.3 is 0 Å². The normalized spacial score (nSPS) is 47.8. The fraction of sp³-hybridized carbons (Fsp3) is 0.778. The zero-order valence-corrected chi connectivity index (χ0v) is 5.90. The second-order valence-corrected chi connectivity index (χ2v) is 3.58. The summed E-state index contributed by atoms with van der Waals surface area (Å²) in [6.45, 7) is 3.90. The van der Waals surface area contributed by atoms with Crippen LogP contribution in [0, 0.1) is 11.3 Å². The summed E-state index contributed by atoms with van der Waals surface area (Å²) in [7, 11) is 0. The average Bonchev–Trinajstić information content (AvgIpc) is 2.62. The summed E-state index contributed by atoms with van der Waals surface area (Å²) in [5.74, 6) is 1.05. The number of rotatable bonds is 1. The summed E-state index contributed by atoms with van der Waals surface area (Å²) in [6, 6.07) is 0. The molecule has 0 aliphatic heterocycles. The first kappa shape index (κ1) is 5.52. The second kappa shape index (κ2) is 1.62. The summed E-state index contributed by atoms with van der Waals surface area (Å²) in [5.41, 5.74) is 0.651. The largest absolute Gasteiger partial charge is 0.103 e. The summed E-state index contributed by atoms with van der Waals surface area (Å²) in [4.78, 5) is 0. The monoisotopic (exact) mass is 122 g/mol. The van der Waals surface area contributed by atoms with Gasteiger partial charge in [0, 0.05) is 0 Å². The number of hydrogen-bond donors (Lipinski definition) is 0. The minimum absolute atomic E-state index is 0.651. The predicted molar refractivity (Wildman–Crippen MR) is 39.2 cm³/mol. The fourth-order valence-electron chi connectivity index (χ4n) is 2.29. The Morgan fingerprint density at radius 1 is 1.44 bits per heavy atom. The highest BCUT2D eigenvalue weighted by Gasteiger charge is 2.51. The van der Waals surface area contributed by atoms with Gasteiger partial charge in [-0.1, -0.05) is 18.9 Å². The molecule has 2 unspecified atom stereocenters. The van der Waals surface area contributed by atoms with Crippen LogP contribution in [0.3, 0.4) is 0 Å². The van der Waals surface area contributed by atoms with E-state index in [1.54, 1.807) is 0 Å². The van der Waals surface area contributed by atoms with Crippen LogP contribution in [0.15, 0.2) is 12.7 Å². The van der Waals surface area contributed by atoms with Crippen molar-refractivity contribution in [1.29, 1.82) is 0 Å². The molecule has 2 fully saturated rings. The molecule has 0 amide bonds. The van der Waals surface area contributed by atoms with E-state index in [-0.39, 0.29) is 0 Å². The van der Waals surface area contributed by atoms with Gasteiger partial charge in [-0.2, -0.15) is 0 Å². The molecule has 9 heavy (non-hydrogen) atoms. The van der Waals surface area contributed by atoms with Gasteiger partial charge in [-0.3, -0.25) is 0 Å². The molecule has 0 aromatic rings. The maximum atomic E-state index is 3.90. The van der Waals surface area contributed by atoms with E-state index in [0.29, 0.717) is 5.41 Å². The molecule has 0 aromatic heterocycles. The fourth-order valence-corrected chi connectivity index (χ4v) is 2.29. The molecular weight excluding hydrogens is 108 g/mol. The van der Waals surface area contributed by atoms with E-state index in [2.05, 4.69) is 12.7 Å². The lowest BCUT2D eigenvalue weighted by Gasteiger charge is -2.16. The Bertz CT molecular complexity index is 137. The Hall–Kier alpha value is -0.260. The maximum absolute atomic E-state index is 3.90. The van der Waals surface area contributed by atoms with Crippen LogP contribution >= 0.6 is 0 Å². The van der Waals surface area contributed by atoms with Gasteiger partial charge in [-0.05, 0) is 30.6 Å². The first-order valence-electron chi connectivity index (χ1n) is 4.01. The summed E-state index contributed by atoms with van der Waals surface area (Å²) in [5, 5.41) is 0. The van der Waals surface area contributed by atoms with E-state index in [4.69, 9.17) is 0 Å². The zero-order chi connectivity index (χ0) is 6.32. The molecule has 0 radical (unpaired) electrons. The number of hydrogen-bond acceptors (Lipinski definition) is 0. The maximum Gasteiger partial charge on any atom is -0.00894 e. The molecule has 50 valence electrons. The molecule has 2 atom stereocenters. The summed E-state index contributed by atoms with van der Waals surface area (Å²) < 4.78 is 0. The van der Waals surface area contributed by atoms with Crippen LogP contribution in [-0.2, 0) is 0 Å². The Labute approximate surface area is 57.0 Å². The number of fused-ring (bicyclic) bond motifs is 1. The van der Waals surface area contributed by atoms with Crippen LogP contribution in [0.1, 0.15) is 32.1 Å². The molecule has 2 aliphatic carbocycles. The standard InChI is InChI=1S/C9H14/c1-2-9-6-4-3-5-8(9)7-9/h2,8H,1,3-7H2. The third kappa shape index (κ3) is 0.654. The van der Waals surface area contributed by atoms with Gasteiger partial charge in [0.05, 0.1) is 0 Å². The van der Waals surface area contributed by atoms with Crippen molar-refractivity contribution in [3.63, 3.8) is 0 Å². The van der Waals surface area contributed by atoms with Crippen molar-refractivity contribution >= 4 is 0 Å². The second-order valence-electron chi connectivity index (χ2n) is 3.58. The van der Waals surface area contributed by atoms with Crippen molar-refractivity contribution in [2.75, 3.05) is 0 Å². The van der Waals surface area contributed by atoms with Crippen LogP contribution in [0.4, 0.5) is 0 Å². The molecule has 0 saturated heterocycles. The zero-order valence-electron chi connectivity index (χ0n) is 5.90. The van der Waals surface area contributed by atoms with Crippen LogP contribution < -0.4 is 0 Å². The van der Waals surface area contributed by atoms with Crippen molar-refractivity contribution in [2.24, 2.45) is 11.3 Å². The summed E-state index contributed by atoms with van der Waals surface area (Å²) >= 11 is 0. The Balaban J connectivity index is 2.09. The summed E-state index contributed by atoms with van der Waals surface area (Å²) in [6.07, 6.45) is 9.49. The molecule has 0 heterocycles. The highest BCUT2D eigenvalue weighted by Crippen LogP contribution is 2.61. The van der Waals surface area contributed by atoms with Gasteiger partial charge in [0.15, 0.2) is 0 Å². The van der Waals surface area contributed by atoms with Crippen LogP contribution in [0.2, 0.25) is 0 Å². The van der Waals surface area contributed by atoms with Gasteiger partial charge in [0.2, 0.25) is 0 Å². The molecular formula is C9H14. The van der Waals surface area contributed by atoms with E-state index in [0.717, 1.165) is 5.92 Å². The smallest absolute Gasteiger partial charge is 0.00894 e. The quantitative estimate of drug-likeness (QED) is 0.469. The lowest BCUT2D eigenvalue weighted by molar-refractivity contribution is 0.404.